The summed E-state index contributed by atoms with van der Waals surface area (Å²) in [5.41, 5.74) is 0. The molecule has 1 fully saturated rings. The molecule has 0 saturated carbocycles. The topological polar surface area (TPSA) is 86.9 Å². The number of H-pyrrole nitrogens is 1. The van der Waals surface area contributed by atoms with Crippen LogP contribution in [0.3, 0.4) is 0 Å². The van der Waals surface area contributed by atoms with Crippen LogP contribution in [-0.2, 0) is 10.0 Å². The first-order valence-corrected chi connectivity index (χ1v) is 5.88. The minimum absolute atomic E-state index is 0. The first-order valence-electron chi connectivity index (χ1n) is 4.40. The van der Waals surface area contributed by atoms with E-state index in [1.807, 2.05) is 0 Å². The summed E-state index contributed by atoms with van der Waals surface area (Å²) in [6.07, 6.45) is 3.47. The Hall–Kier alpha value is -0.630. The number of aromatic amines is 1. The molecule has 0 aliphatic carbocycles. The molecule has 0 radical (unpaired) electrons. The molecule has 0 aromatic carbocycles. The summed E-state index contributed by atoms with van der Waals surface area (Å²) < 4.78 is 25.9. The molecule has 2 rings (SSSR count). The highest BCUT2D eigenvalue weighted by molar-refractivity contribution is 7.89. The normalized spacial score (nSPS) is 21.2. The van der Waals surface area contributed by atoms with Gasteiger partial charge >= 0.3 is 0 Å². The van der Waals surface area contributed by atoms with E-state index in [-0.39, 0.29) is 23.5 Å². The second-order valence-corrected chi connectivity index (χ2v) is 4.91. The third-order valence-corrected chi connectivity index (χ3v) is 3.59. The summed E-state index contributed by atoms with van der Waals surface area (Å²) in [6, 6.07) is -0.0108. The highest BCUT2D eigenvalue weighted by Gasteiger charge is 2.23. The number of imidazole rings is 1. The fourth-order valence-electron chi connectivity index (χ4n) is 1.43. The molecule has 1 aromatic heterocycles. The van der Waals surface area contributed by atoms with Crippen LogP contribution in [0.1, 0.15) is 6.42 Å². The molecule has 3 N–H and O–H groups in total. The van der Waals surface area contributed by atoms with E-state index in [1.54, 1.807) is 0 Å². The molecule has 8 heteroatoms. The number of halogens is 1. The Bertz CT molecular complexity index is 385. The number of nitrogens with zero attached hydrogens (tertiary/aromatic N) is 1. The van der Waals surface area contributed by atoms with E-state index in [0.29, 0.717) is 6.54 Å². The Morgan fingerprint density at radius 2 is 2.33 bits per heavy atom. The van der Waals surface area contributed by atoms with Crippen LogP contribution in [0.25, 0.3) is 0 Å². The highest BCUT2D eigenvalue weighted by atomic mass is 35.5. The molecular weight excluding hydrogens is 240 g/mol. The van der Waals surface area contributed by atoms with Gasteiger partial charge in [-0.1, -0.05) is 0 Å². The number of hydrogen-bond acceptors (Lipinski definition) is 4. The van der Waals surface area contributed by atoms with Gasteiger partial charge in [-0.2, -0.15) is 0 Å². The quantitative estimate of drug-likeness (QED) is 0.675. The fourth-order valence-corrected chi connectivity index (χ4v) is 2.60. The predicted octanol–water partition coefficient (Wildman–Crippen LogP) is -0.528. The molecule has 86 valence electrons. The predicted molar refractivity (Wildman–Crippen MR) is 57.4 cm³/mol. The van der Waals surface area contributed by atoms with Crippen LogP contribution >= 0.6 is 12.4 Å². The zero-order chi connectivity index (χ0) is 10.0. The van der Waals surface area contributed by atoms with Crippen molar-refractivity contribution in [3.05, 3.63) is 12.5 Å². The lowest BCUT2D eigenvalue weighted by atomic mass is 10.3. The Balaban J connectivity index is 0.00000112. The monoisotopic (exact) mass is 252 g/mol. The summed E-state index contributed by atoms with van der Waals surface area (Å²) in [7, 11) is -3.41. The van der Waals surface area contributed by atoms with Gasteiger partial charge in [0.2, 0.25) is 0 Å². The van der Waals surface area contributed by atoms with Gasteiger partial charge in [0.05, 0.1) is 12.5 Å². The van der Waals surface area contributed by atoms with Gasteiger partial charge in [-0.25, -0.2) is 18.1 Å². The van der Waals surface area contributed by atoms with E-state index >= 15 is 0 Å². The average Bonchev–Trinajstić information content (AvgIpc) is 2.71. The number of sulfonamides is 1. The number of aromatic nitrogens is 2. The second-order valence-electron chi connectivity index (χ2n) is 3.23. The molecule has 1 aliphatic rings. The lowest BCUT2D eigenvalue weighted by molar-refractivity contribution is 0.557. The highest BCUT2D eigenvalue weighted by Crippen LogP contribution is 2.06. The minimum Gasteiger partial charge on any atom is -0.335 e. The summed E-state index contributed by atoms with van der Waals surface area (Å²) >= 11 is 0. The van der Waals surface area contributed by atoms with Crippen molar-refractivity contribution in [1.82, 2.24) is 20.0 Å². The Morgan fingerprint density at radius 1 is 1.53 bits per heavy atom. The van der Waals surface area contributed by atoms with Crippen molar-refractivity contribution in [2.24, 2.45) is 0 Å². The van der Waals surface area contributed by atoms with E-state index in [2.05, 4.69) is 20.0 Å². The van der Waals surface area contributed by atoms with Crippen LogP contribution in [0.4, 0.5) is 0 Å². The number of hydrogen-bond donors (Lipinski definition) is 3. The molecule has 15 heavy (non-hydrogen) atoms. The third-order valence-electron chi connectivity index (χ3n) is 2.14. The van der Waals surface area contributed by atoms with E-state index in [9.17, 15) is 8.42 Å². The molecule has 6 nitrogen and oxygen atoms in total. The average molecular weight is 253 g/mol. The fraction of sp³-hybridized carbons (Fsp3) is 0.571. The van der Waals surface area contributed by atoms with Crippen LogP contribution in [-0.4, -0.2) is 37.5 Å². The third kappa shape index (κ3) is 2.91. The van der Waals surface area contributed by atoms with Crippen molar-refractivity contribution in [1.29, 1.82) is 0 Å². The van der Waals surface area contributed by atoms with E-state index in [0.717, 1.165) is 13.0 Å². The van der Waals surface area contributed by atoms with Crippen molar-refractivity contribution in [2.45, 2.75) is 17.5 Å². The second kappa shape index (κ2) is 4.93. The van der Waals surface area contributed by atoms with Crippen molar-refractivity contribution in [3.63, 3.8) is 0 Å². The molecule has 1 aliphatic heterocycles. The lowest BCUT2D eigenvalue weighted by Gasteiger charge is -2.09. The van der Waals surface area contributed by atoms with Gasteiger partial charge in [0, 0.05) is 12.6 Å². The van der Waals surface area contributed by atoms with Crippen LogP contribution in [0, 0.1) is 0 Å². The molecule has 1 aromatic rings. The standard InChI is InChI=1S/C7H12N4O2S.ClH/c12-14(13,7-4-9-5-10-7)11-6-1-2-8-3-6;/h4-6,8,11H,1-3H2,(H,9,10);1H. The van der Waals surface area contributed by atoms with E-state index < -0.39 is 10.0 Å². The van der Waals surface area contributed by atoms with Gasteiger partial charge in [0.1, 0.15) is 0 Å². The summed E-state index contributed by atoms with van der Waals surface area (Å²) in [6.45, 7) is 1.55. The maximum Gasteiger partial charge on any atom is 0.257 e. The van der Waals surface area contributed by atoms with Crippen LogP contribution in [0.2, 0.25) is 0 Å². The van der Waals surface area contributed by atoms with Crippen molar-refractivity contribution < 1.29 is 8.42 Å². The lowest BCUT2D eigenvalue weighted by Crippen LogP contribution is -2.36. The van der Waals surface area contributed by atoms with Gasteiger partial charge in [0.25, 0.3) is 10.0 Å². The molecule has 1 saturated heterocycles. The van der Waals surface area contributed by atoms with Crippen molar-refractivity contribution >= 4 is 22.4 Å². The minimum atomic E-state index is -3.41. The summed E-state index contributed by atoms with van der Waals surface area (Å²) in [4.78, 5) is 6.24. The Morgan fingerprint density at radius 3 is 2.87 bits per heavy atom. The van der Waals surface area contributed by atoms with Gasteiger partial charge in [-0.3, -0.25) is 0 Å². The van der Waals surface area contributed by atoms with E-state index in [4.69, 9.17) is 0 Å². The molecule has 1 unspecified atom stereocenters. The Labute approximate surface area is 94.3 Å². The smallest absolute Gasteiger partial charge is 0.257 e. The van der Waals surface area contributed by atoms with Crippen LogP contribution < -0.4 is 10.0 Å². The van der Waals surface area contributed by atoms with Crippen molar-refractivity contribution in [2.75, 3.05) is 13.1 Å². The first-order chi connectivity index (χ1) is 6.68. The van der Waals surface area contributed by atoms with Crippen LogP contribution in [0.5, 0.6) is 0 Å². The number of rotatable bonds is 3. The maximum atomic E-state index is 11.6. The first kappa shape index (κ1) is 12.4. The van der Waals surface area contributed by atoms with Crippen molar-refractivity contribution in [3.8, 4) is 0 Å². The zero-order valence-electron chi connectivity index (χ0n) is 7.93. The molecule has 0 amide bonds. The van der Waals surface area contributed by atoms with Gasteiger partial charge < -0.3 is 10.3 Å². The number of nitrogens with one attached hydrogen (secondary N) is 3. The largest absolute Gasteiger partial charge is 0.335 e. The molecule has 1 atom stereocenters. The molecular formula is C7H13ClN4O2S. The molecule has 0 bridgehead atoms. The molecule has 2 heterocycles. The maximum absolute atomic E-state index is 11.6. The van der Waals surface area contributed by atoms with Gasteiger partial charge in [0.15, 0.2) is 5.03 Å². The zero-order valence-corrected chi connectivity index (χ0v) is 9.57. The summed E-state index contributed by atoms with van der Waals surface area (Å²) in [5, 5.41) is 3.20. The van der Waals surface area contributed by atoms with Crippen LogP contribution in [0.15, 0.2) is 17.6 Å². The molecule has 0 spiro atoms. The van der Waals surface area contributed by atoms with Gasteiger partial charge in [-0.15, -0.1) is 12.4 Å². The van der Waals surface area contributed by atoms with E-state index in [1.165, 1.54) is 12.5 Å². The Kier molecular flexibility index (Phi) is 4.09. The summed E-state index contributed by atoms with van der Waals surface area (Å²) in [5.74, 6) is 0. The van der Waals surface area contributed by atoms with Gasteiger partial charge in [-0.05, 0) is 13.0 Å². The SMILES string of the molecule is Cl.O=S(=O)(NC1CCNC1)c1cnc[nH]1.